The second kappa shape index (κ2) is 5.93. The van der Waals surface area contributed by atoms with Crippen molar-refractivity contribution in [1.82, 2.24) is 0 Å². The van der Waals surface area contributed by atoms with Crippen molar-refractivity contribution in [3.8, 4) is 0 Å². The van der Waals surface area contributed by atoms with Crippen LogP contribution in [0, 0.1) is 5.92 Å². The van der Waals surface area contributed by atoms with Gasteiger partial charge in [0.15, 0.2) is 0 Å². The van der Waals surface area contributed by atoms with Gasteiger partial charge in [-0.1, -0.05) is 38.3 Å². The van der Waals surface area contributed by atoms with Crippen LogP contribution in [0.1, 0.15) is 44.6 Å². The molecule has 0 unspecified atom stereocenters. The highest BCUT2D eigenvalue weighted by Gasteiger charge is 2.13. The van der Waals surface area contributed by atoms with Gasteiger partial charge in [-0.25, -0.2) is 0 Å². The zero-order valence-corrected chi connectivity index (χ0v) is 10.3. The van der Waals surface area contributed by atoms with Crippen LogP contribution in [0.4, 0.5) is 5.69 Å². The van der Waals surface area contributed by atoms with Crippen molar-refractivity contribution in [2.24, 2.45) is 5.92 Å². The molecule has 88 valence electrons. The molecule has 1 heteroatoms. The molecule has 0 amide bonds. The van der Waals surface area contributed by atoms with E-state index in [1.807, 2.05) is 0 Å². The lowest BCUT2D eigenvalue weighted by atomic mass is 10.1. The van der Waals surface area contributed by atoms with Gasteiger partial charge in [-0.3, -0.25) is 0 Å². The minimum absolute atomic E-state index is 0.912. The van der Waals surface area contributed by atoms with Gasteiger partial charge in [0.1, 0.15) is 0 Å². The Morgan fingerprint density at radius 1 is 1.12 bits per heavy atom. The van der Waals surface area contributed by atoms with E-state index in [1.54, 1.807) is 0 Å². The van der Waals surface area contributed by atoms with Crippen LogP contribution in [0.3, 0.4) is 0 Å². The van der Waals surface area contributed by atoms with Crippen molar-refractivity contribution in [2.45, 2.75) is 45.4 Å². The van der Waals surface area contributed by atoms with Crippen molar-refractivity contribution >= 4 is 5.69 Å². The highest BCUT2D eigenvalue weighted by Crippen LogP contribution is 2.25. The molecule has 1 aromatic carbocycles. The molecular formula is C15H23N. The number of anilines is 1. The molecule has 0 atom stereocenters. The smallest absolute Gasteiger partial charge is 0.0340 e. The van der Waals surface area contributed by atoms with Crippen LogP contribution < -0.4 is 5.32 Å². The second-order valence-electron chi connectivity index (χ2n) is 4.98. The molecule has 1 nitrogen and oxygen atoms in total. The topological polar surface area (TPSA) is 12.0 Å². The summed E-state index contributed by atoms with van der Waals surface area (Å²) in [6.07, 6.45) is 8.13. The molecule has 1 aliphatic rings. The van der Waals surface area contributed by atoms with E-state index < -0.39 is 0 Å². The molecule has 1 aliphatic carbocycles. The summed E-state index contributed by atoms with van der Waals surface area (Å²) in [7, 11) is 0. The van der Waals surface area contributed by atoms with E-state index in [2.05, 4.69) is 36.5 Å². The van der Waals surface area contributed by atoms with Crippen molar-refractivity contribution < 1.29 is 0 Å². The molecule has 0 heterocycles. The van der Waals surface area contributed by atoms with Gasteiger partial charge in [-0.15, -0.1) is 0 Å². The van der Waals surface area contributed by atoms with Crippen molar-refractivity contribution in [3.05, 3.63) is 29.8 Å². The summed E-state index contributed by atoms with van der Waals surface area (Å²) >= 11 is 0. The van der Waals surface area contributed by atoms with Gasteiger partial charge >= 0.3 is 0 Å². The zero-order valence-electron chi connectivity index (χ0n) is 10.3. The number of benzene rings is 1. The van der Waals surface area contributed by atoms with Gasteiger partial charge in [0.05, 0.1) is 0 Å². The Bertz CT molecular complexity index is 296. The lowest BCUT2D eigenvalue weighted by Crippen LogP contribution is -2.10. The van der Waals surface area contributed by atoms with Gasteiger partial charge in [-0.2, -0.15) is 0 Å². The molecule has 1 N–H and O–H groups in total. The molecule has 0 spiro atoms. The molecule has 1 aromatic rings. The van der Waals surface area contributed by atoms with Crippen LogP contribution in [0.5, 0.6) is 0 Å². The van der Waals surface area contributed by atoms with E-state index in [1.165, 1.54) is 49.8 Å². The molecule has 0 aliphatic heterocycles. The van der Waals surface area contributed by atoms with Crippen molar-refractivity contribution in [3.63, 3.8) is 0 Å². The fourth-order valence-corrected chi connectivity index (χ4v) is 2.55. The standard InChI is InChI=1S/C15H23N/c1-2-5-13-8-10-15(11-9-13)16-12-14-6-3-4-7-14/h8-11,14,16H,2-7,12H2,1H3. The van der Waals surface area contributed by atoms with E-state index in [-0.39, 0.29) is 0 Å². The Labute approximate surface area is 99.3 Å². The molecule has 0 aromatic heterocycles. The molecule has 16 heavy (non-hydrogen) atoms. The maximum absolute atomic E-state index is 3.56. The molecular weight excluding hydrogens is 194 g/mol. The SMILES string of the molecule is CCCc1ccc(NCC2CCCC2)cc1. The predicted molar refractivity (Wildman–Crippen MR) is 70.9 cm³/mol. The highest BCUT2D eigenvalue weighted by molar-refractivity contribution is 5.44. The lowest BCUT2D eigenvalue weighted by Gasteiger charge is -2.12. The van der Waals surface area contributed by atoms with E-state index >= 15 is 0 Å². The average molecular weight is 217 g/mol. The van der Waals surface area contributed by atoms with E-state index in [9.17, 15) is 0 Å². The number of hydrogen-bond donors (Lipinski definition) is 1. The van der Waals surface area contributed by atoms with Crippen LogP contribution in [0.2, 0.25) is 0 Å². The minimum atomic E-state index is 0.912. The maximum Gasteiger partial charge on any atom is 0.0340 e. The van der Waals surface area contributed by atoms with Gasteiger partial charge in [0.2, 0.25) is 0 Å². The summed E-state index contributed by atoms with van der Waals surface area (Å²) in [5.41, 5.74) is 2.74. The van der Waals surface area contributed by atoms with Crippen molar-refractivity contribution in [2.75, 3.05) is 11.9 Å². The summed E-state index contributed by atoms with van der Waals surface area (Å²) < 4.78 is 0. The van der Waals surface area contributed by atoms with E-state index in [0.29, 0.717) is 0 Å². The molecule has 1 fully saturated rings. The van der Waals surface area contributed by atoms with E-state index in [4.69, 9.17) is 0 Å². The van der Waals surface area contributed by atoms with Crippen molar-refractivity contribution in [1.29, 1.82) is 0 Å². The minimum Gasteiger partial charge on any atom is -0.385 e. The van der Waals surface area contributed by atoms with Crippen LogP contribution in [-0.4, -0.2) is 6.54 Å². The predicted octanol–water partition coefficient (Wildman–Crippen LogP) is 4.24. The molecule has 0 radical (unpaired) electrons. The second-order valence-corrected chi connectivity index (χ2v) is 4.98. The van der Waals surface area contributed by atoms with Gasteiger partial charge in [0, 0.05) is 12.2 Å². The summed E-state index contributed by atoms with van der Waals surface area (Å²) in [4.78, 5) is 0. The molecule has 2 rings (SSSR count). The van der Waals surface area contributed by atoms with Gasteiger partial charge < -0.3 is 5.32 Å². The van der Waals surface area contributed by atoms with Gasteiger partial charge in [0.25, 0.3) is 0 Å². The molecule has 1 saturated carbocycles. The van der Waals surface area contributed by atoms with Crippen LogP contribution in [-0.2, 0) is 6.42 Å². The Kier molecular flexibility index (Phi) is 4.26. The average Bonchev–Trinajstić information content (AvgIpc) is 2.82. The Morgan fingerprint density at radius 2 is 1.81 bits per heavy atom. The summed E-state index contributed by atoms with van der Waals surface area (Å²) in [5.74, 6) is 0.912. The van der Waals surface area contributed by atoms with Crippen LogP contribution in [0.25, 0.3) is 0 Å². The Balaban J connectivity index is 1.80. The van der Waals surface area contributed by atoms with Crippen LogP contribution >= 0.6 is 0 Å². The third kappa shape index (κ3) is 3.26. The summed E-state index contributed by atoms with van der Waals surface area (Å²) in [6, 6.07) is 8.95. The molecule has 0 saturated heterocycles. The van der Waals surface area contributed by atoms with E-state index in [0.717, 1.165) is 12.5 Å². The third-order valence-electron chi connectivity index (χ3n) is 3.56. The number of nitrogens with one attached hydrogen (secondary N) is 1. The Morgan fingerprint density at radius 3 is 2.44 bits per heavy atom. The largest absolute Gasteiger partial charge is 0.385 e. The molecule has 0 bridgehead atoms. The first kappa shape index (κ1) is 11.5. The first-order valence-electron chi connectivity index (χ1n) is 6.71. The first-order valence-corrected chi connectivity index (χ1v) is 6.71. The number of aryl methyl sites for hydroxylation is 1. The zero-order chi connectivity index (χ0) is 11.2. The van der Waals surface area contributed by atoms with Gasteiger partial charge in [-0.05, 0) is 42.9 Å². The fourth-order valence-electron chi connectivity index (χ4n) is 2.55. The van der Waals surface area contributed by atoms with Crippen LogP contribution in [0.15, 0.2) is 24.3 Å². The fraction of sp³-hybridized carbons (Fsp3) is 0.600. The monoisotopic (exact) mass is 217 g/mol. The lowest BCUT2D eigenvalue weighted by molar-refractivity contribution is 0.580. The Hall–Kier alpha value is -0.980. The number of hydrogen-bond acceptors (Lipinski definition) is 1. The number of rotatable bonds is 5. The maximum atomic E-state index is 3.56. The first-order chi connectivity index (χ1) is 7.88. The summed E-state index contributed by atoms with van der Waals surface area (Å²) in [5, 5.41) is 3.56. The summed E-state index contributed by atoms with van der Waals surface area (Å²) in [6.45, 7) is 3.39. The normalized spacial score (nSPS) is 16.6. The highest BCUT2D eigenvalue weighted by atomic mass is 14.9. The third-order valence-corrected chi connectivity index (χ3v) is 3.56. The quantitative estimate of drug-likeness (QED) is 0.777.